The lowest BCUT2D eigenvalue weighted by Gasteiger charge is -2.46. The average Bonchev–Trinajstić information content (AvgIpc) is 3.14. The zero-order chi connectivity index (χ0) is 45.6. The molecule has 3 fully saturated rings. The Labute approximate surface area is 361 Å². The number of esters is 3. The fraction of sp³-hybridized carbons (Fsp3) is 0.915. The van der Waals surface area contributed by atoms with E-state index in [1.54, 1.807) is 28.1 Å². The lowest BCUT2D eigenvalue weighted by molar-refractivity contribution is -0.293. The van der Waals surface area contributed by atoms with Crippen molar-refractivity contribution in [2.45, 2.75) is 197 Å². The highest BCUT2D eigenvalue weighted by atomic mass is 16.7. The SMILES string of the molecule is CO[C@@H]1[C@H](C)[C@@H](C)O[C@@H](OC[C@H](C)[C@H]2OC(=O)[C@H](C)[C@@H](O[C@H]3CC(C)(C)[C@@H](C)[C@H](C)O3)[C@H](C)C[C@@H](C)C[C@](C)(OC(C)=O)C(=O)[C@H](C)[C@H](OC(=O)CC(C)C)[C@H]2C)[C@@H]1OC. The number of hydrogen-bond acceptors (Lipinski definition) is 13. The van der Waals surface area contributed by atoms with Crippen molar-refractivity contribution in [3.63, 3.8) is 0 Å². The third-order valence-electron chi connectivity index (χ3n) is 14.0. The van der Waals surface area contributed by atoms with Crippen LogP contribution in [0.4, 0.5) is 0 Å². The molecule has 0 saturated carbocycles. The van der Waals surface area contributed by atoms with Gasteiger partial charge in [0.15, 0.2) is 24.0 Å². The van der Waals surface area contributed by atoms with Crippen molar-refractivity contribution in [3.8, 4) is 0 Å². The second kappa shape index (κ2) is 22.0. The van der Waals surface area contributed by atoms with Crippen LogP contribution in [0.1, 0.15) is 136 Å². The van der Waals surface area contributed by atoms with Crippen LogP contribution in [0.15, 0.2) is 0 Å². The summed E-state index contributed by atoms with van der Waals surface area (Å²) in [5, 5.41) is 0. The zero-order valence-electron chi connectivity index (χ0n) is 40.2. The summed E-state index contributed by atoms with van der Waals surface area (Å²) in [5.41, 5.74) is -1.62. The molecule has 0 amide bonds. The summed E-state index contributed by atoms with van der Waals surface area (Å²) in [7, 11) is 3.23. The molecule has 0 aromatic rings. The van der Waals surface area contributed by atoms with Gasteiger partial charge in [0.25, 0.3) is 0 Å². The number of methoxy groups -OCH3 is 2. The first-order valence-corrected chi connectivity index (χ1v) is 22.6. The van der Waals surface area contributed by atoms with Gasteiger partial charge in [-0.15, -0.1) is 0 Å². The van der Waals surface area contributed by atoms with E-state index in [2.05, 4.69) is 27.7 Å². The molecule has 348 valence electrons. The van der Waals surface area contributed by atoms with Gasteiger partial charge in [0, 0.05) is 51.7 Å². The molecule has 0 radical (unpaired) electrons. The molecule has 0 bridgehead atoms. The second-order valence-corrected chi connectivity index (χ2v) is 20.2. The topological polar surface area (TPSA) is 151 Å². The first-order chi connectivity index (χ1) is 27.8. The highest BCUT2D eigenvalue weighted by Gasteiger charge is 2.50. The van der Waals surface area contributed by atoms with E-state index in [0.29, 0.717) is 18.8 Å². The van der Waals surface area contributed by atoms with Gasteiger partial charge in [-0.05, 0) is 69.6 Å². The Balaban J connectivity index is 2.15. The number of rotatable bonds is 12. The first kappa shape index (κ1) is 52.2. The van der Waals surface area contributed by atoms with Gasteiger partial charge in [0.05, 0.1) is 42.9 Å². The molecule has 0 spiro atoms. The van der Waals surface area contributed by atoms with Crippen LogP contribution in [-0.4, -0.2) is 105 Å². The van der Waals surface area contributed by atoms with Crippen molar-refractivity contribution in [1.29, 1.82) is 0 Å². The molecule has 0 aromatic heterocycles. The summed E-state index contributed by atoms with van der Waals surface area (Å²) in [4.78, 5) is 55.8. The Morgan fingerprint density at radius 3 is 1.95 bits per heavy atom. The highest BCUT2D eigenvalue weighted by Crippen LogP contribution is 2.43. The van der Waals surface area contributed by atoms with E-state index in [-0.39, 0.29) is 72.6 Å². The molecule has 0 aliphatic carbocycles. The molecule has 18 atom stereocenters. The molecule has 13 heteroatoms. The Morgan fingerprint density at radius 1 is 0.783 bits per heavy atom. The quantitative estimate of drug-likeness (QED) is 0.138. The molecular weight excluding hydrogens is 773 g/mol. The number of hydrogen-bond donors (Lipinski definition) is 0. The van der Waals surface area contributed by atoms with Crippen LogP contribution in [0, 0.1) is 58.7 Å². The summed E-state index contributed by atoms with van der Waals surface area (Å²) in [5.74, 6) is -4.90. The largest absolute Gasteiger partial charge is 0.461 e. The van der Waals surface area contributed by atoms with Crippen LogP contribution >= 0.6 is 0 Å². The van der Waals surface area contributed by atoms with Gasteiger partial charge in [0.2, 0.25) is 0 Å². The van der Waals surface area contributed by atoms with E-state index in [1.807, 2.05) is 62.3 Å². The number of carbonyl (C=O) groups excluding carboxylic acids is 4. The zero-order valence-corrected chi connectivity index (χ0v) is 40.2. The van der Waals surface area contributed by atoms with Crippen LogP contribution in [-0.2, 0) is 61.8 Å². The predicted octanol–water partition coefficient (Wildman–Crippen LogP) is 7.97. The number of ketones is 1. The van der Waals surface area contributed by atoms with Crippen molar-refractivity contribution in [1.82, 2.24) is 0 Å². The Hall–Kier alpha value is -2.16. The van der Waals surface area contributed by atoms with Crippen molar-refractivity contribution >= 4 is 23.7 Å². The predicted molar refractivity (Wildman–Crippen MR) is 226 cm³/mol. The van der Waals surface area contributed by atoms with Gasteiger partial charge in [-0.1, -0.05) is 76.2 Å². The molecular formula is C47H82O13. The van der Waals surface area contributed by atoms with Gasteiger partial charge < -0.3 is 42.6 Å². The van der Waals surface area contributed by atoms with Gasteiger partial charge in [-0.2, -0.15) is 0 Å². The van der Waals surface area contributed by atoms with Crippen LogP contribution < -0.4 is 0 Å². The Morgan fingerprint density at radius 2 is 1.40 bits per heavy atom. The molecule has 3 saturated heterocycles. The summed E-state index contributed by atoms with van der Waals surface area (Å²) < 4.78 is 56.5. The number of carbonyl (C=O) groups is 4. The first-order valence-electron chi connectivity index (χ1n) is 22.6. The van der Waals surface area contributed by atoms with Crippen LogP contribution in [0.5, 0.6) is 0 Å². The normalized spacial score (nSPS) is 41.5. The van der Waals surface area contributed by atoms with Gasteiger partial charge in [-0.25, -0.2) is 0 Å². The smallest absolute Gasteiger partial charge is 0.311 e. The number of Topliss-reactive ketones (excluding diaryl/α,β-unsaturated/α-hetero) is 1. The maximum Gasteiger partial charge on any atom is 0.311 e. The second-order valence-electron chi connectivity index (χ2n) is 20.2. The third kappa shape index (κ3) is 13.0. The van der Waals surface area contributed by atoms with Crippen molar-refractivity contribution < 1.29 is 61.8 Å². The monoisotopic (exact) mass is 855 g/mol. The number of cyclic esters (lactones) is 1. The number of ether oxygens (including phenoxy) is 9. The molecule has 3 aliphatic heterocycles. The van der Waals surface area contributed by atoms with Crippen LogP contribution in [0.3, 0.4) is 0 Å². The molecule has 60 heavy (non-hydrogen) atoms. The highest BCUT2D eigenvalue weighted by molar-refractivity contribution is 5.91. The molecule has 0 N–H and O–H groups in total. The van der Waals surface area contributed by atoms with Crippen LogP contribution in [0.25, 0.3) is 0 Å². The molecule has 0 aromatic carbocycles. The van der Waals surface area contributed by atoms with Crippen molar-refractivity contribution in [2.75, 3.05) is 20.8 Å². The summed E-state index contributed by atoms with van der Waals surface area (Å²) in [6.45, 7) is 30.8. The molecule has 3 aliphatic rings. The molecule has 3 rings (SSSR count). The van der Waals surface area contributed by atoms with E-state index in [0.717, 1.165) is 0 Å². The molecule has 13 nitrogen and oxygen atoms in total. The maximum atomic E-state index is 14.8. The molecule has 0 unspecified atom stereocenters. The van der Waals surface area contributed by atoms with Crippen molar-refractivity contribution in [2.24, 2.45) is 58.7 Å². The average molecular weight is 855 g/mol. The minimum atomic E-state index is -1.54. The van der Waals surface area contributed by atoms with Gasteiger partial charge in [0.1, 0.15) is 18.3 Å². The van der Waals surface area contributed by atoms with E-state index in [1.165, 1.54) is 6.92 Å². The van der Waals surface area contributed by atoms with Crippen LogP contribution in [0.2, 0.25) is 0 Å². The van der Waals surface area contributed by atoms with Gasteiger partial charge >= 0.3 is 17.9 Å². The minimum absolute atomic E-state index is 0.0135. The van der Waals surface area contributed by atoms with E-state index in [4.69, 9.17) is 42.6 Å². The van der Waals surface area contributed by atoms with E-state index >= 15 is 0 Å². The van der Waals surface area contributed by atoms with Gasteiger partial charge in [-0.3, -0.25) is 19.2 Å². The van der Waals surface area contributed by atoms with Crippen molar-refractivity contribution in [3.05, 3.63) is 0 Å². The Kier molecular flexibility index (Phi) is 19.1. The fourth-order valence-electron chi connectivity index (χ4n) is 10.0. The van der Waals surface area contributed by atoms with E-state index in [9.17, 15) is 19.2 Å². The lowest BCUT2D eigenvalue weighted by atomic mass is 9.72. The summed E-state index contributed by atoms with van der Waals surface area (Å²) >= 11 is 0. The molecule has 3 heterocycles. The summed E-state index contributed by atoms with van der Waals surface area (Å²) in [6, 6.07) is 0. The Bertz CT molecular complexity index is 1420. The standard InChI is InChI=1S/C47H82O13/c1-24(2)19-36(49)57-40-29(7)39(27(5)23-54-45-42(53-18)41(52-17)28(6)33(11)56-45)59-44(51)31(9)38(58-37-22-46(14,15)32(10)34(12)55-37)26(4)20-25(3)21-47(16,60-35(13)48)43(50)30(40)8/h24-34,37-42,45H,19-23H2,1-18H3/t25-,26-,27+,28-,29+,30-,31-,32+,33-,34+,37+,38+,39-,40-,41-,42-,45-,47+/m1/s1. The van der Waals surface area contributed by atoms with E-state index < -0.39 is 84.2 Å². The lowest BCUT2D eigenvalue weighted by Crippen LogP contribution is -2.56. The third-order valence-corrected chi connectivity index (χ3v) is 14.0. The fourth-order valence-corrected chi connectivity index (χ4v) is 10.0. The maximum absolute atomic E-state index is 14.8. The summed E-state index contributed by atoms with van der Waals surface area (Å²) in [6.07, 6.45) is -3.52. The minimum Gasteiger partial charge on any atom is -0.461 e.